The summed E-state index contributed by atoms with van der Waals surface area (Å²) in [6, 6.07) is 16.1. The van der Waals surface area contributed by atoms with Crippen LogP contribution in [0.5, 0.6) is 11.5 Å². The molecule has 1 aliphatic heterocycles. The van der Waals surface area contributed by atoms with Crippen LogP contribution < -0.4 is 14.8 Å². The van der Waals surface area contributed by atoms with Gasteiger partial charge in [-0.25, -0.2) is 0 Å². The molecule has 2 atom stereocenters. The van der Waals surface area contributed by atoms with Crippen molar-refractivity contribution in [3.8, 4) is 11.5 Å². The lowest BCUT2D eigenvalue weighted by atomic mass is 9.89. The molecule has 0 aliphatic carbocycles. The molecule has 1 saturated heterocycles. The quantitative estimate of drug-likeness (QED) is 0.541. The van der Waals surface area contributed by atoms with Gasteiger partial charge in [0.2, 0.25) is 0 Å². The Labute approximate surface area is 191 Å². The second-order valence-corrected chi connectivity index (χ2v) is 8.63. The first kappa shape index (κ1) is 24.1. The highest BCUT2D eigenvalue weighted by atomic mass is 16.5. The molecule has 1 amide bonds. The minimum Gasteiger partial charge on any atom is -0.493 e. The standard InChI is InChI=1S/C26H36N2O4/c1-19(2)28(18-23-17-27-16-22(23)14-20-8-6-5-7-9-20)26(29)21-10-11-24(31-4)25(15-21)32-13-12-30-3/h5-11,15,19,22-23,27H,12-14,16-18H2,1-4H3/t22-,23+/m0/s1. The van der Waals surface area contributed by atoms with Crippen LogP contribution in [0, 0.1) is 11.8 Å². The van der Waals surface area contributed by atoms with Crippen LogP contribution in [0.3, 0.4) is 0 Å². The predicted octanol–water partition coefficient (Wildman–Crippen LogP) is 3.65. The Morgan fingerprint density at radius 2 is 1.78 bits per heavy atom. The van der Waals surface area contributed by atoms with Crippen LogP contribution in [0.15, 0.2) is 48.5 Å². The first-order valence-electron chi connectivity index (χ1n) is 11.4. The van der Waals surface area contributed by atoms with Crippen molar-refractivity contribution in [3.63, 3.8) is 0 Å². The summed E-state index contributed by atoms with van der Waals surface area (Å²) in [7, 11) is 3.23. The number of ether oxygens (including phenoxy) is 3. The van der Waals surface area contributed by atoms with E-state index >= 15 is 0 Å². The zero-order chi connectivity index (χ0) is 22.9. The first-order valence-corrected chi connectivity index (χ1v) is 11.4. The van der Waals surface area contributed by atoms with Crippen molar-refractivity contribution in [2.75, 3.05) is 47.1 Å². The second kappa shape index (κ2) is 11.9. The fourth-order valence-electron chi connectivity index (χ4n) is 4.26. The number of nitrogens with one attached hydrogen (secondary N) is 1. The maximum atomic E-state index is 13.5. The molecular formula is C26H36N2O4. The van der Waals surface area contributed by atoms with Crippen LogP contribution >= 0.6 is 0 Å². The fourth-order valence-corrected chi connectivity index (χ4v) is 4.26. The number of methoxy groups -OCH3 is 2. The summed E-state index contributed by atoms with van der Waals surface area (Å²) >= 11 is 0. The molecule has 1 N–H and O–H groups in total. The van der Waals surface area contributed by atoms with E-state index < -0.39 is 0 Å². The first-order chi connectivity index (χ1) is 15.5. The van der Waals surface area contributed by atoms with E-state index in [1.807, 2.05) is 11.0 Å². The predicted molar refractivity (Wildman–Crippen MR) is 127 cm³/mol. The average Bonchev–Trinajstić information content (AvgIpc) is 3.24. The molecule has 6 nitrogen and oxygen atoms in total. The minimum atomic E-state index is 0.0182. The molecule has 0 spiro atoms. The molecule has 1 aliphatic rings. The number of carbonyl (C=O) groups excluding carboxylic acids is 1. The van der Waals surface area contributed by atoms with E-state index in [4.69, 9.17) is 14.2 Å². The lowest BCUT2D eigenvalue weighted by molar-refractivity contribution is 0.0661. The number of carbonyl (C=O) groups is 1. The molecular weight excluding hydrogens is 404 g/mol. The Hall–Kier alpha value is -2.57. The molecule has 0 bridgehead atoms. The van der Waals surface area contributed by atoms with Crippen LogP contribution in [-0.2, 0) is 11.2 Å². The molecule has 32 heavy (non-hydrogen) atoms. The monoisotopic (exact) mass is 440 g/mol. The number of amides is 1. The maximum Gasteiger partial charge on any atom is 0.254 e. The molecule has 1 fully saturated rings. The van der Waals surface area contributed by atoms with Crippen molar-refractivity contribution >= 4 is 5.91 Å². The van der Waals surface area contributed by atoms with Gasteiger partial charge in [-0.2, -0.15) is 0 Å². The number of benzene rings is 2. The Bertz CT molecular complexity index is 856. The molecule has 6 heteroatoms. The van der Waals surface area contributed by atoms with Crippen molar-refractivity contribution < 1.29 is 19.0 Å². The highest BCUT2D eigenvalue weighted by molar-refractivity contribution is 5.95. The smallest absolute Gasteiger partial charge is 0.254 e. The Morgan fingerprint density at radius 1 is 1.03 bits per heavy atom. The SMILES string of the molecule is COCCOc1cc(C(=O)N(C[C@H]2CNC[C@@H]2Cc2ccccc2)C(C)C)ccc1OC. The van der Waals surface area contributed by atoms with Gasteiger partial charge in [-0.1, -0.05) is 30.3 Å². The summed E-state index contributed by atoms with van der Waals surface area (Å²) in [4.78, 5) is 15.5. The highest BCUT2D eigenvalue weighted by Gasteiger charge is 2.31. The van der Waals surface area contributed by atoms with Gasteiger partial charge in [0.15, 0.2) is 11.5 Å². The zero-order valence-corrected chi connectivity index (χ0v) is 19.7. The summed E-state index contributed by atoms with van der Waals surface area (Å²) in [5.41, 5.74) is 1.96. The van der Waals surface area contributed by atoms with E-state index in [1.54, 1.807) is 26.4 Å². The Balaban J connectivity index is 1.73. The largest absolute Gasteiger partial charge is 0.493 e. The Morgan fingerprint density at radius 3 is 2.47 bits per heavy atom. The molecule has 2 aromatic carbocycles. The third kappa shape index (κ3) is 6.24. The lowest BCUT2D eigenvalue weighted by Gasteiger charge is -2.32. The van der Waals surface area contributed by atoms with Crippen LogP contribution in [0.1, 0.15) is 29.8 Å². The molecule has 0 radical (unpaired) electrons. The maximum absolute atomic E-state index is 13.5. The molecule has 174 valence electrons. The van der Waals surface area contributed by atoms with Crippen molar-refractivity contribution in [2.24, 2.45) is 11.8 Å². The van der Waals surface area contributed by atoms with Crippen LogP contribution in [0.2, 0.25) is 0 Å². The summed E-state index contributed by atoms with van der Waals surface area (Å²) < 4.78 is 16.2. The fraction of sp³-hybridized carbons (Fsp3) is 0.500. The number of nitrogens with zero attached hydrogens (tertiary/aromatic N) is 1. The van der Waals surface area contributed by atoms with Crippen LogP contribution in [0.4, 0.5) is 0 Å². The van der Waals surface area contributed by atoms with Gasteiger partial charge in [-0.15, -0.1) is 0 Å². The number of hydrogen-bond acceptors (Lipinski definition) is 5. The van der Waals surface area contributed by atoms with E-state index in [1.165, 1.54) is 5.56 Å². The summed E-state index contributed by atoms with van der Waals surface area (Å²) in [5.74, 6) is 2.11. The average molecular weight is 441 g/mol. The van der Waals surface area contributed by atoms with Gasteiger partial charge in [0.05, 0.1) is 13.7 Å². The number of rotatable bonds is 11. The molecule has 0 unspecified atom stereocenters. The third-order valence-corrected chi connectivity index (χ3v) is 6.09. The van der Waals surface area contributed by atoms with Gasteiger partial charge >= 0.3 is 0 Å². The zero-order valence-electron chi connectivity index (χ0n) is 19.7. The molecule has 3 rings (SSSR count). The van der Waals surface area contributed by atoms with Crippen molar-refractivity contribution in [1.82, 2.24) is 10.2 Å². The van der Waals surface area contributed by atoms with E-state index in [9.17, 15) is 4.79 Å². The van der Waals surface area contributed by atoms with E-state index in [0.29, 0.717) is 42.1 Å². The number of hydrogen-bond donors (Lipinski definition) is 1. The summed E-state index contributed by atoms with van der Waals surface area (Å²) in [6.45, 7) is 7.66. The molecule has 2 aromatic rings. The molecule has 1 heterocycles. The summed E-state index contributed by atoms with van der Waals surface area (Å²) in [6.07, 6.45) is 1.03. The van der Waals surface area contributed by atoms with Crippen molar-refractivity contribution in [3.05, 3.63) is 59.7 Å². The highest BCUT2D eigenvalue weighted by Crippen LogP contribution is 2.30. The minimum absolute atomic E-state index is 0.0182. The van der Waals surface area contributed by atoms with Crippen LogP contribution in [-0.4, -0.2) is 63.9 Å². The normalized spacial score (nSPS) is 18.0. The Kier molecular flexibility index (Phi) is 8.94. The van der Waals surface area contributed by atoms with Crippen molar-refractivity contribution in [1.29, 1.82) is 0 Å². The van der Waals surface area contributed by atoms with Crippen molar-refractivity contribution in [2.45, 2.75) is 26.3 Å². The van der Waals surface area contributed by atoms with Gasteiger partial charge in [-0.3, -0.25) is 4.79 Å². The summed E-state index contributed by atoms with van der Waals surface area (Å²) in [5, 5.41) is 3.53. The van der Waals surface area contributed by atoms with Gasteiger partial charge in [0.1, 0.15) is 6.61 Å². The lowest BCUT2D eigenvalue weighted by Crippen LogP contribution is -2.42. The second-order valence-electron chi connectivity index (χ2n) is 8.63. The van der Waals surface area contributed by atoms with Crippen LogP contribution in [0.25, 0.3) is 0 Å². The molecule has 0 saturated carbocycles. The third-order valence-electron chi connectivity index (χ3n) is 6.09. The van der Waals surface area contributed by atoms with Gasteiger partial charge < -0.3 is 24.4 Å². The van der Waals surface area contributed by atoms with Gasteiger partial charge in [-0.05, 0) is 69.0 Å². The van der Waals surface area contributed by atoms with Gasteiger partial charge in [0, 0.05) is 25.3 Å². The van der Waals surface area contributed by atoms with E-state index in [2.05, 4.69) is 49.5 Å². The van der Waals surface area contributed by atoms with Gasteiger partial charge in [0.25, 0.3) is 5.91 Å². The van der Waals surface area contributed by atoms with E-state index in [-0.39, 0.29) is 11.9 Å². The van der Waals surface area contributed by atoms with E-state index in [0.717, 1.165) is 26.1 Å². The topological polar surface area (TPSA) is 60.0 Å². The molecule has 0 aromatic heterocycles.